The van der Waals surface area contributed by atoms with E-state index in [4.69, 9.17) is 4.74 Å². The Bertz CT molecular complexity index is 732. The molecule has 0 aromatic heterocycles. The summed E-state index contributed by atoms with van der Waals surface area (Å²) in [6, 6.07) is 0. The van der Waals surface area contributed by atoms with Crippen molar-refractivity contribution in [3.63, 3.8) is 0 Å². The van der Waals surface area contributed by atoms with Gasteiger partial charge in [-0.15, -0.1) is 0 Å². The van der Waals surface area contributed by atoms with Gasteiger partial charge in [0, 0.05) is 12.5 Å². The van der Waals surface area contributed by atoms with Crippen molar-refractivity contribution >= 4 is 11.8 Å². The van der Waals surface area contributed by atoms with Crippen molar-refractivity contribution in [2.75, 3.05) is 6.61 Å². The quantitative estimate of drug-likeness (QED) is 0.467. The van der Waals surface area contributed by atoms with E-state index in [1.807, 2.05) is 13.0 Å². The summed E-state index contributed by atoms with van der Waals surface area (Å²) in [5, 5.41) is 0. The number of hydrogen-bond donors (Lipinski definition) is 0. The minimum Gasteiger partial charge on any atom is -0.463 e. The summed E-state index contributed by atoms with van der Waals surface area (Å²) >= 11 is 0. The van der Waals surface area contributed by atoms with Gasteiger partial charge >= 0.3 is 5.97 Å². The maximum atomic E-state index is 12.0. The van der Waals surface area contributed by atoms with E-state index in [1.54, 1.807) is 6.08 Å². The summed E-state index contributed by atoms with van der Waals surface area (Å²) in [7, 11) is 0. The lowest BCUT2D eigenvalue weighted by Crippen LogP contribution is -2.50. The molecule has 3 nitrogen and oxygen atoms in total. The summed E-state index contributed by atoms with van der Waals surface area (Å²) in [5.74, 6) is 2.90. The first kappa shape index (κ1) is 19.9. The highest BCUT2D eigenvalue weighted by atomic mass is 16.5. The number of hydrogen-bond acceptors (Lipinski definition) is 3. The van der Waals surface area contributed by atoms with Crippen LogP contribution < -0.4 is 0 Å². The summed E-state index contributed by atoms with van der Waals surface area (Å²) in [4.78, 5) is 24.0. The van der Waals surface area contributed by atoms with Crippen LogP contribution in [0.4, 0.5) is 0 Å². The minimum atomic E-state index is -0.187. The van der Waals surface area contributed by atoms with E-state index in [0.29, 0.717) is 23.7 Å². The third kappa shape index (κ3) is 3.00. The lowest BCUT2D eigenvalue weighted by molar-refractivity contribution is -0.137. The lowest BCUT2D eigenvalue weighted by atomic mass is 9.46. The Kier molecular flexibility index (Phi) is 5.08. The Morgan fingerprint density at radius 1 is 1.14 bits per heavy atom. The zero-order chi connectivity index (χ0) is 20.1. The van der Waals surface area contributed by atoms with Gasteiger partial charge in [0.15, 0.2) is 5.78 Å². The van der Waals surface area contributed by atoms with Crippen LogP contribution in [0.5, 0.6) is 0 Å². The molecule has 3 saturated carbocycles. The highest BCUT2D eigenvalue weighted by molar-refractivity contribution is 5.91. The smallest absolute Gasteiger partial charge is 0.330 e. The van der Waals surface area contributed by atoms with Gasteiger partial charge < -0.3 is 4.74 Å². The number of ketones is 1. The molecule has 0 bridgehead atoms. The number of allylic oxidation sites excluding steroid dienone is 2. The molecular formula is C25H36O3. The second-order valence-corrected chi connectivity index (χ2v) is 10.3. The first-order valence-corrected chi connectivity index (χ1v) is 11.4. The predicted molar refractivity (Wildman–Crippen MR) is 111 cm³/mol. The first-order valence-electron chi connectivity index (χ1n) is 11.4. The largest absolute Gasteiger partial charge is 0.463 e. The molecule has 4 rings (SSSR count). The first-order chi connectivity index (χ1) is 13.3. The van der Waals surface area contributed by atoms with Gasteiger partial charge in [0.25, 0.3) is 0 Å². The number of ether oxygens (including phenoxy) is 1. The van der Waals surface area contributed by atoms with Crippen molar-refractivity contribution in [2.45, 2.75) is 79.1 Å². The molecule has 154 valence electrons. The van der Waals surface area contributed by atoms with Crippen LogP contribution in [0.15, 0.2) is 23.3 Å². The SMILES string of the molecule is CCOC(=O)/C=C(\C)[C@H]1CC[C@H]2[C@@H]3CCC4=CC(=O)CC[C@]4(C)[C@H]3CC[C@]12C. The van der Waals surface area contributed by atoms with E-state index in [0.717, 1.165) is 37.0 Å². The third-order valence-corrected chi connectivity index (χ3v) is 9.14. The molecule has 0 amide bonds. The summed E-state index contributed by atoms with van der Waals surface area (Å²) < 4.78 is 5.16. The van der Waals surface area contributed by atoms with Crippen LogP contribution >= 0.6 is 0 Å². The van der Waals surface area contributed by atoms with E-state index in [9.17, 15) is 9.59 Å². The molecule has 3 fully saturated rings. The van der Waals surface area contributed by atoms with E-state index in [2.05, 4.69) is 20.8 Å². The number of esters is 1. The average molecular weight is 385 g/mol. The lowest BCUT2D eigenvalue weighted by Gasteiger charge is -2.58. The second-order valence-electron chi connectivity index (χ2n) is 10.3. The Balaban J connectivity index is 1.58. The van der Waals surface area contributed by atoms with Crippen molar-refractivity contribution in [3.05, 3.63) is 23.3 Å². The van der Waals surface area contributed by atoms with Crippen molar-refractivity contribution in [1.82, 2.24) is 0 Å². The van der Waals surface area contributed by atoms with Gasteiger partial charge in [-0.05, 0) is 99.4 Å². The highest BCUT2D eigenvalue weighted by Gasteiger charge is 2.59. The normalized spacial score (nSPS) is 42.9. The number of carbonyl (C=O) groups excluding carboxylic acids is 2. The minimum absolute atomic E-state index is 0.187. The molecule has 6 atom stereocenters. The molecule has 0 heterocycles. The fourth-order valence-electron chi connectivity index (χ4n) is 7.78. The van der Waals surface area contributed by atoms with E-state index in [-0.39, 0.29) is 11.4 Å². The Hall–Kier alpha value is -1.38. The molecule has 0 unspecified atom stereocenters. The zero-order valence-electron chi connectivity index (χ0n) is 18.1. The highest BCUT2D eigenvalue weighted by Crippen LogP contribution is 2.67. The molecule has 0 spiro atoms. The maximum Gasteiger partial charge on any atom is 0.330 e. The standard InChI is InChI=1S/C25H36O3/c1-5-28-23(27)14-16(2)20-8-9-21-19-7-6-17-15-18(26)10-12-24(17,3)22(19)11-13-25(20,21)4/h14-15,19-22H,5-13H2,1-4H3/b16-14+/t19-,20+,21-,22-,24-,25+/m0/s1. The summed E-state index contributed by atoms with van der Waals surface area (Å²) in [5.41, 5.74) is 3.21. The van der Waals surface area contributed by atoms with Crippen LogP contribution in [0.2, 0.25) is 0 Å². The Labute approximate surface area is 170 Å². The summed E-state index contributed by atoms with van der Waals surface area (Å²) in [6.45, 7) is 9.38. The topological polar surface area (TPSA) is 43.4 Å². The molecule has 28 heavy (non-hydrogen) atoms. The van der Waals surface area contributed by atoms with E-state index in [1.165, 1.54) is 43.3 Å². The van der Waals surface area contributed by atoms with Crippen LogP contribution in [-0.4, -0.2) is 18.4 Å². The molecule has 0 saturated heterocycles. The number of carbonyl (C=O) groups is 2. The average Bonchev–Trinajstić information content (AvgIpc) is 3.00. The number of fused-ring (bicyclic) bond motifs is 5. The van der Waals surface area contributed by atoms with E-state index < -0.39 is 0 Å². The van der Waals surface area contributed by atoms with Gasteiger partial charge in [-0.3, -0.25) is 4.79 Å². The molecule has 0 N–H and O–H groups in total. The fraction of sp³-hybridized carbons (Fsp3) is 0.760. The van der Waals surface area contributed by atoms with Gasteiger partial charge in [0.05, 0.1) is 6.61 Å². The Morgan fingerprint density at radius 3 is 2.68 bits per heavy atom. The van der Waals surface area contributed by atoms with Gasteiger partial charge in [0.2, 0.25) is 0 Å². The van der Waals surface area contributed by atoms with Crippen LogP contribution in [-0.2, 0) is 14.3 Å². The molecule has 0 aromatic rings. The molecule has 3 heteroatoms. The van der Waals surface area contributed by atoms with E-state index >= 15 is 0 Å². The van der Waals surface area contributed by atoms with Crippen LogP contribution in [0.3, 0.4) is 0 Å². The molecule has 0 radical (unpaired) electrons. The van der Waals surface area contributed by atoms with Crippen molar-refractivity contribution in [1.29, 1.82) is 0 Å². The van der Waals surface area contributed by atoms with Crippen molar-refractivity contribution in [2.24, 2.45) is 34.5 Å². The predicted octanol–water partition coefficient (Wildman–Crippen LogP) is 5.64. The monoisotopic (exact) mass is 384 g/mol. The Morgan fingerprint density at radius 2 is 1.93 bits per heavy atom. The maximum absolute atomic E-state index is 12.0. The molecule has 0 aliphatic heterocycles. The number of rotatable bonds is 3. The van der Waals surface area contributed by atoms with Gasteiger partial charge in [0.1, 0.15) is 0 Å². The van der Waals surface area contributed by atoms with Crippen LogP contribution in [0.1, 0.15) is 79.1 Å². The van der Waals surface area contributed by atoms with Crippen molar-refractivity contribution < 1.29 is 14.3 Å². The molecule has 4 aliphatic carbocycles. The third-order valence-electron chi connectivity index (χ3n) is 9.14. The summed E-state index contributed by atoms with van der Waals surface area (Å²) in [6.07, 6.45) is 12.9. The van der Waals surface area contributed by atoms with Crippen molar-refractivity contribution in [3.8, 4) is 0 Å². The molecular weight excluding hydrogens is 348 g/mol. The van der Waals surface area contributed by atoms with Gasteiger partial charge in [-0.1, -0.05) is 25.0 Å². The van der Waals surface area contributed by atoms with Crippen LogP contribution in [0.25, 0.3) is 0 Å². The van der Waals surface area contributed by atoms with Gasteiger partial charge in [-0.25, -0.2) is 4.79 Å². The van der Waals surface area contributed by atoms with Crippen LogP contribution in [0, 0.1) is 34.5 Å². The molecule has 0 aromatic carbocycles. The molecule has 4 aliphatic rings. The van der Waals surface area contributed by atoms with Gasteiger partial charge in [-0.2, -0.15) is 0 Å². The zero-order valence-corrected chi connectivity index (χ0v) is 18.1. The second kappa shape index (κ2) is 7.15. The fourth-order valence-corrected chi connectivity index (χ4v) is 7.78.